The molecule has 1 saturated heterocycles. The molecule has 5 heteroatoms. The van der Waals surface area contributed by atoms with Gasteiger partial charge >= 0.3 is 0 Å². The molecule has 0 unspecified atom stereocenters. The molecule has 3 nitrogen and oxygen atoms in total. The Labute approximate surface area is 94.5 Å². The van der Waals surface area contributed by atoms with E-state index < -0.39 is 10.0 Å². The van der Waals surface area contributed by atoms with Gasteiger partial charge in [0.15, 0.2) is 0 Å². The maximum atomic E-state index is 12.1. The van der Waals surface area contributed by atoms with E-state index in [2.05, 4.69) is 0 Å². The number of hydrogen-bond acceptors (Lipinski definition) is 3. The quantitative estimate of drug-likeness (QED) is 0.788. The maximum absolute atomic E-state index is 12.1. The molecule has 0 bridgehead atoms. The molecular weight excluding hydrogens is 230 g/mol. The first kappa shape index (κ1) is 11.0. The van der Waals surface area contributed by atoms with Gasteiger partial charge in [-0.3, -0.25) is 0 Å². The first-order valence-electron chi connectivity index (χ1n) is 4.84. The van der Waals surface area contributed by atoms with E-state index in [1.807, 2.05) is 6.07 Å². The maximum Gasteiger partial charge on any atom is 0.243 e. The number of benzene rings is 1. The van der Waals surface area contributed by atoms with Crippen LogP contribution in [0.3, 0.4) is 0 Å². The van der Waals surface area contributed by atoms with Gasteiger partial charge in [0.25, 0.3) is 0 Å². The summed E-state index contributed by atoms with van der Waals surface area (Å²) in [6, 6.07) is 8.64. The molecule has 0 aliphatic carbocycles. The molecule has 1 aliphatic heterocycles. The Balaban J connectivity index is 2.26. The van der Waals surface area contributed by atoms with Gasteiger partial charge in [0.2, 0.25) is 10.0 Å². The van der Waals surface area contributed by atoms with Crippen molar-refractivity contribution in [3.63, 3.8) is 0 Å². The fraction of sp³-hybridized carbons (Fsp3) is 0.400. The van der Waals surface area contributed by atoms with Crippen LogP contribution in [0.1, 0.15) is 0 Å². The van der Waals surface area contributed by atoms with Crippen LogP contribution in [-0.4, -0.2) is 37.3 Å². The highest BCUT2D eigenvalue weighted by Gasteiger charge is 2.25. The second-order valence-electron chi connectivity index (χ2n) is 3.33. The summed E-state index contributed by atoms with van der Waals surface area (Å²) in [5.74, 6) is 1.79. The Kier molecular flexibility index (Phi) is 3.33. The van der Waals surface area contributed by atoms with Crippen molar-refractivity contribution < 1.29 is 8.42 Å². The fourth-order valence-electron chi connectivity index (χ4n) is 1.53. The predicted molar refractivity (Wildman–Crippen MR) is 62.5 cm³/mol. The number of nitrogens with zero attached hydrogens (tertiary/aromatic N) is 1. The first-order chi connectivity index (χ1) is 7.21. The van der Waals surface area contributed by atoms with Crippen molar-refractivity contribution in [2.24, 2.45) is 0 Å². The third-order valence-electron chi connectivity index (χ3n) is 2.35. The molecule has 0 amide bonds. The van der Waals surface area contributed by atoms with Crippen LogP contribution in [0.4, 0.5) is 0 Å². The third kappa shape index (κ3) is 2.35. The van der Waals surface area contributed by atoms with Gasteiger partial charge in [-0.25, -0.2) is 8.42 Å². The van der Waals surface area contributed by atoms with Crippen LogP contribution in [0.25, 0.3) is 0 Å². The first-order valence-corrected chi connectivity index (χ1v) is 7.44. The fourth-order valence-corrected chi connectivity index (χ4v) is 4.13. The second kappa shape index (κ2) is 4.55. The van der Waals surface area contributed by atoms with E-state index >= 15 is 0 Å². The predicted octanol–water partition coefficient (Wildman–Crippen LogP) is 1.42. The van der Waals surface area contributed by atoms with Crippen molar-refractivity contribution in [2.75, 3.05) is 24.6 Å². The van der Waals surface area contributed by atoms with Crippen LogP contribution in [-0.2, 0) is 10.0 Å². The number of sulfonamides is 1. The normalized spacial score (nSPS) is 18.9. The van der Waals surface area contributed by atoms with Gasteiger partial charge in [-0.15, -0.1) is 0 Å². The molecular formula is C10H13NO2S2. The van der Waals surface area contributed by atoms with Crippen molar-refractivity contribution in [3.05, 3.63) is 30.3 Å². The van der Waals surface area contributed by atoms with E-state index in [0.717, 1.165) is 11.5 Å². The van der Waals surface area contributed by atoms with E-state index in [0.29, 0.717) is 18.0 Å². The summed E-state index contributed by atoms with van der Waals surface area (Å²) in [4.78, 5) is 0.400. The molecule has 1 aromatic rings. The minimum atomic E-state index is -3.24. The summed E-state index contributed by atoms with van der Waals surface area (Å²) in [6.07, 6.45) is 0. The summed E-state index contributed by atoms with van der Waals surface area (Å²) >= 11 is 1.80. The summed E-state index contributed by atoms with van der Waals surface area (Å²) in [5.41, 5.74) is 0. The van der Waals surface area contributed by atoms with Crippen LogP contribution in [0.15, 0.2) is 35.2 Å². The SMILES string of the molecule is O=S(=O)(c1ccccc1)N1CCSCC1. The molecule has 15 heavy (non-hydrogen) atoms. The van der Waals surface area contributed by atoms with Crippen molar-refractivity contribution >= 4 is 21.8 Å². The molecule has 0 N–H and O–H groups in total. The molecule has 0 atom stereocenters. The van der Waals surface area contributed by atoms with Gasteiger partial charge in [-0.2, -0.15) is 16.1 Å². The molecule has 0 aromatic heterocycles. The van der Waals surface area contributed by atoms with Crippen molar-refractivity contribution in [1.29, 1.82) is 0 Å². The van der Waals surface area contributed by atoms with E-state index in [9.17, 15) is 8.42 Å². The summed E-state index contributed by atoms with van der Waals surface area (Å²) < 4.78 is 25.8. The van der Waals surface area contributed by atoms with Gasteiger partial charge in [0.1, 0.15) is 0 Å². The van der Waals surface area contributed by atoms with Crippen molar-refractivity contribution in [1.82, 2.24) is 4.31 Å². The third-order valence-corrected chi connectivity index (χ3v) is 5.21. The topological polar surface area (TPSA) is 37.4 Å². The minimum absolute atomic E-state index is 0.400. The van der Waals surface area contributed by atoms with Crippen molar-refractivity contribution in [3.8, 4) is 0 Å². The van der Waals surface area contributed by atoms with Crippen molar-refractivity contribution in [2.45, 2.75) is 4.90 Å². The lowest BCUT2D eigenvalue weighted by molar-refractivity contribution is 0.443. The molecule has 0 saturated carbocycles. The lowest BCUT2D eigenvalue weighted by Gasteiger charge is -2.25. The van der Waals surface area contributed by atoms with Crippen LogP contribution < -0.4 is 0 Å². The average molecular weight is 243 g/mol. The highest BCUT2D eigenvalue weighted by molar-refractivity contribution is 7.99. The summed E-state index contributed by atoms with van der Waals surface area (Å²) in [6.45, 7) is 1.25. The highest BCUT2D eigenvalue weighted by atomic mass is 32.2. The molecule has 2 rings (SSSR count). The molecule has 1 heterocycles. The molecule has 0 spiro atoms. The minimum Gasteiger partial charge on any atom is -0.207 e. The molecule has 1 fully saturated rings. The Morgan fingerprint density at radius 3 is 2.27 bits per heavy atom. The van der Waals surface area contributed by atoms with Gasteiger partial charge in [0, 0.05) is 24.6 Å². The zero-order chi connectivity index (χ0) is 10.7. The largest absolute Gasteiger partial charge is 0.243 e. The van der Waals surface area contributed by atoms with Crippen LogP contribution >= 0.6 is 11.8 Å². The van der Waals surface area contributed by atoms with Crippen LogP contribution in [0.5, 0.6) is 0 Å². The molecule has 1 aliphatic rings. The highest BCUT2D eigenvalue weighted by Crippen LogP contribution is 2.19. The lowest BCUT2D eigenvalue weighted by atomic mass is 10.4. The van der Waals surface area contributed by atoms with Crippen LogP contribution in [0.2, 0.25) is 0 Å². The van der Waals surface area contributed by atoms with Crippen LogP contribution in [0, 0.1) is 0 Å². The summed E-state index contributed by atoms with van der Waals surface area (Å²) in [7, 11) is -3.24. The Morgan fingerprint density at radius 2 is 1.67 bits per heavy atom. The van der Waals surface area contributed by atoms with E-state index in [-0.39, 0.29) is 0 Å². The smallest absolute Gasteiger partial charge is 0.207 e. The monoisotopic (exact) mass is 243 g/mol. The van der Waals surface area contributed by atoms with E-state index in [1.165, 1.54) is 0 Å². The number of rotatable bonds is 2. The number of hydrogen-bond donors (Lipinski definition) is 0. The molecule has 0 radical (unpaired) electrons. The zero-order valence-corrected chi connectivity index (χ0v) is 9.93. The lowest BCUT2D eigenvalue weighted by Crippen LogP contribution is -2.37. The standard InChI is InChI=1S/C10H13NO2S2/c12-15(13,10-4-2-1-3-5-10)11-6-8-14-9-7-11/h1-5H,6-9H2. The van der Waals surface area contributed by atoms with Gasteiger partial charge in [0.05, 0.1) is 4.90 Å². The Bertz CT molecular complexity index is 410. The zero-order valence-electron chi connectivity index (χ0n) is 8.30. The second-order valence-corrected chi connectivity index (χ2v) is 6.49. The molecule has 1 aromatic carbocycles. The van der Waals surface area contributed by atoms with Gasteiger partial charge in [-0.1, -0.05) is 18.2 Å². The van der Waals surface area contributed by atoms with Gasteiger partial charge < -0.3 is 0 Å². The van der Waals surface area contributed by atoms with Gasteiger partial charge in [-0.05, 0) is 12.1 Å². The average Bonchev–Trinajstić information content (AvgIpc) is 2.31. The summed E-state index contributed by atoms with van der Waals surface area (Å²) in [5, 5.41) is 0. The Morgan fingerprint density at radius 1 is 1.07 bits per heavy atom. The van der Waals surface area contributed by atoms with E-state index in [4.69, 9.17) is 0 Å². The number of thioether (sulfide) groups is 1. The molecule has 82 valence electrons. The Hall–Kier alpha value is -0.520. The van der Waals surface area contributed by atoms with E-state index in [1.54, 1.807) is 40.3 Å².